The number of nitrogens with zero attached hydrogens (tertiary/aromatic N) is 5. The topological polar surface area (TPSA) is 57.8 Å². The van der Waals surface area contributed by atoms with Gasteiger partial charge in [-0.2, -0.15) is 5.10 Å². The summed E-state index contributed by atoms with van der Waals surface area (Å²) >= 11 is 0. The number of anilines is 2. The van der Waals surface area contributed by atoms with Gasteiger partial charge in [0.2, 0.25) is 0 Å². The Labute approximate surface area is 232 Å². The molecule has 2 aliphatic rings. The number of para-hydroxylation sites is 2. The average Bonchev–Trinajstić information content (AvgIpc) is 3.29. The minimum Gasteiger partial charge on any atom is -0.337 e. The molecule has 1 atom stereocenters. The summed E-state index contributed by atoms with van der Waals surface area (Å²) in [6, 6.07) is 30.7. The van der Waals surface area contributed by atoms with Gasteiger partial charge in [0.05, 0.1) is 28.8 Å². The van der Waals surface area contributed by atoms with Gasteiger partial charge < -0.3 is 10.2 Å². The maximum atomic E-state index is 15.7. The van der Waals surface area contributed by atoms with Crippen LogP contribution in [0.15, 0.2) is 107 Å². The normalized spacial score (nSPS) is 15.5. The lowest BCUT2D eigenvalue weighted by Crippen LogP contribution is -2.46. The van der Waals surface area contributed by atoms with E-state index in [1.165, 1.54) is 6.07 Å². The minimum atomic E-state index is -0.506. The number of hydrogen-bond donors (Lipinski definition) is 1. The summed E-state index contributed by atoms with van der Waals surface area (Å²) in [5.74, 6) is 1.58. The zero-order valence-corrected chi connectivity index (χ0v) is 22.4. The molecule has 1 N–H and O–H groups in total. The van der Waals surface area contributed by atoms with E-state index >= 15 is 4.39 Å². The second-order valence-corrected chi connectivity index (χ2v) is 10.2. The Balaban J connectivity index is 1.51. The molecule has 0 amide bonds. The first-order chi connectivity index (χ1) is 19.5. The fourth-order valence-electron chi connectivity index (χ4n) is 5.51. The van der Waals surface area contributed by atoms with Crippen LogP contribution in [0.25, 0.3) is 5.69 Å². The molecule has 7 heteroatoms. The lowest BCUT2D eigenvalue weighted by Gasteiger charge is -2.40. The zero-order valence-electron chi connectivity index (χ0n) is 22.4. The number of aromatic nitrogens is 2. The van der Waals surface area contributed by atoms with E-state index in [-0.39, 0.29) is 5.82 Å². The second kappa shape index (κ2) is 9.31. The summed E-state index contributed by atoms with van der Waals surface area (Å²) < 4.78 is 17.5. The molecular formula is C33H27FN6. The lowest BCUT2D eigenvalue weighted by atomic mass is 9.93. The monoisotopic (exact) mass is 526 g/mol. The van der Waals surface area contributed by atoms with Crippen molar-refractivity contribution >= 4 is 34.6 Å². The minimum absolute atomic E-state index is 0.282. The Kier molecular flexibility index (Phi) is 5.59. The summed E-state index contributed by atoms with van der Waals surface area (Å²) in [7, 11) is 0. The second-order valence-electron chi connectivity index (χ2n) is 10.2. The highest BCUT2D eigenvalue weighted by Gasteiger charge is 2.42. The first-order valence-corrected chi connectivity index (χ1v) is 13.3. The first kappa shape index (κ1) is 24.0. The molecule has 3 heterocycles. The van der Waals surface area contributed by atoms with Crippen LogP contribution in [-0.2, 0) is 0 Å². The summed E-state index contributed by atoms with van der Waals surface area (Å²) in [6.07, 6.45) is 0. The van der Waals surface area contributed by atoms with Gasteiger partial charge in [-0.25, -0.2) is 19.1 Å². The van der Waals surface area contributed by atoms with Crippen molar-refractivity contribution < 1.29 is 4.39 Å². The molecule has 40 heavy (non-hydrogen) atoms. The highest BCUT2D eigenvalue weighted by Crippen LogP contribution is 2.48. The zero-order chi connectivity index (χ0) is 27.4. The van der Waals surface area contributed by atoms with Crippen LogP contribution in [0, 0.1) is 26.6 Å². The third-order valence-electron chi connectivity index (χ3n) is 7.40. The SMILES string of the molecule is Cc1ccc(-n2nc(C)c3c2N=C2C(Nc4cccc(C)c4)=Nc4ccccc4N2C3c2ccccc2F)cc1. The number of rotatable bonds is 3. The fourth-order valence-corrected chi connectivity index (χ4v) is 5.51. The molecule has 0 bridgehead atoms. The molecule has 0 saturated carbocycles. The maximum absolute atomic E-state index is 15.7. The average molecular weight is 527 g/mol. The van der Waals surface area contributed by atoms with E-state index in [4.69, 9.17) is 15.1 Å². The molecule has 1 aromatic heterocycles. The predicted molar refractivity (Wildman–Crippen MR) is 159 cm³/mol. The van der Waals surface area contributed by atoms with Crippen molar-refractivity contribution in [2.45, 2.75) is 26.8 Å². The number of amidine groups is 2. The smallest absolute Gasteiger partial charge is 0.179 e. The Morgan fingerprint density at radius 2 is 1.55 bits per heavy atom. The van der Waals surface area contributed by atoms with Crippen molar-refractivity contribution in [3.63, 3.8) is 0 Å². The molecule has 0 saturated heterocycles. The molecule has 7 rings (SSSR count). The summed E-state index contributed by atoms with van der Waals surface area (Å²) in [4.78, 5) is 12.3. The van der Waals surface area contributed by atoms with Crippen molar-refractivity contribution in [2.75, 3.05) is 10.2 Å². The molecule has 0 spiro atoms. The third kappa shape index (κ3) is 3.90. The van der Waals surface area contributed by atoms with E-state index in [1.54, 1.807) is 6.07 Å². The van der Waals surface area contributed by atoms with Crippen molar-refractivity contribution in [3.05, 3.63) is 131 Å². The van der Waals surface area contributed by atoms with Gasteiger partial charge in [-0.3, -0.25) is 0 Å². The molecular weight excluding hydrogens is 499 g/mol. The lowest BCUT2D eigenvalue weighted by molar-refractivity contribution is 0.597. The Bertz CT molecular complexity index is 1830. The number of hydrogen-bond acceptors (Lipinski definition) is 5. The van der Waals surface area contributed by atoms with Crippen molar-refractivity contribution in [2.24, 2.45) is 9.98 Å². The number of fused-ring (bicyclic) bond motifs is 4. The Morgan fingerprint density at radius 1 is 0.775 bits per heavy atom. The standard InChI is InChI=1S/C33H27FN6/c1-20-15-17-24(18-16-20)40-32-29(22(3)38-40)30(25-11-4-5-12-26(25)34)39-28-14-7-6-13-27(28)36-31(33(39)37-32)35-23-10-8-9-21(2)19-23/h4-19,30H,1-3H3,(H,35,36). The molecule has 6 nitrogen and oxygen atoms in total. The van der Waals surface area contributed by atoms with Gasteiger partial charge in [0.1, 0.15) is 5.82 Å². The number of halogens is 1. The largest absolute Gasteiger partial charge is 0.337 e. The number of aryl methyl sites for hydroxylation is 3. The van der Waals surface area contributed by atoms with Crippen LogP contribution in [0.1, 0.15) is 34.0 Å². The highest BCUT2D eigenvalue weighted by atomic mass is 19.1. The highest BCUT2D eigenvalue weighted by molar-refractivity contribution is 6.51. The molecule has 0 fully saturated rings. The first-order valence-electron chi connectivity index (χ1n) is 13.3. The van der Waals surface area contributed by atoms with Gasteiger partial charge in [0.25, 0.3) is 0 Å². The van der Waals surface area contributed by atoms with Crippen LogP contribution in [0.4, 0.5) is 27.3 Å². The summed E-state index contributed by atoms with van der Waals surface area (Å²) in [5.41, 5.74) is 7.92. The van der Waals surface area contributed by atoms with Gasteiger partial charge in [0.15, 0.2) is 17.5 Å². The van der Waals surface area contributed by atoms with Crippen LogP contribution in [0.3, 0.4) is 0 Å². The van der Waals surface area contributed by atoms with E-state index in [0.29, 0.717) is 23.1 Å². The molecule has 1 unspecified atom stereocenters. The molecule has 2 aliphatic heterocycles. The van der Waals surface area contributed by atoms with Crippen LogP contribution in [0.5, 0.6) is 0 Å². The third-order valence-corrected chi connectivity index (χ3v) is 7.40. The molecule has 0 radical (unpaired) electrons. The number of benzene rings is 4. The number of nitrogens with one attached hydrogen (secondary N) is 1. The van der Waals surface area contributed by atoms with Crippen LogP contribution >= 0.6 is 0 Å². The van der Waals surface area contributed by atoms with Gasteiger partial charge in [-0.15, -0.1) is 0 Å². The Hall–Kier alpha value is -5.04. The van der Waals surface area contributed by atoms with E-state index < -0.39 is 6.04 Å². The van der Waals surface area contributed by atoms with Gasteiger partial charge in [-0.1, -0.05) is 60.2 Å². The van der Waals surface area contributed by atoms with E-state index in [9.17, 15) is 0 Å². The predicted octanol–water partition coefficient (Wildman–Crippen LogP) is 7.73. The molecule has 4 aromatic carbocycles. The molecule has 0 aliphatic carbocycles. The van der Waals surface area contributed by atoms with Crippen molar-refractivity contribution in [1.82, 2.24) is 9.78 Å². The van der Waals surface area contributed by atoms with Gasteiger partial charge in [0, 0.05) is 16.8 Å². The molecule has 196 valence electrons. The van der Waals surface area contributed by atoms with E-state index in [2.05, 4.69) is 48.3 Å². The van der Waals surface area contributed by atoms with E-state index in [1.807, 2.05) is 72.3 Å². The number of aliphatic imine (C=N–C) groups is 2. The van der Waals surface area contributed by atoms with Crippen molar-refractivity contribution in [1.29, 1.82) is 0 Å². The van der Waals surface area contributed by atoms with E-state index in [0.717, 1.165) is 45.1 Å². The van der Waals surface area contributed by atoms with Gasteiger partial charge in [-0.05, 0) is 68.8 Å². The maximum Gasteiger partial charge on any atom is 0.179 e. The van der Waals surface area contributed by atoms with Crippen LogP contribution in [0.2, 0.25) is 0 Å². The van der Waals surface area contributed by atoms with Crippen molar-refractivity contribution in [3.8, 4) is 5.69 Å². The van der Waals surface area contributed by atoms with Crippen LogP contribution in [-0.4, -0.2) is 21.5 Å². The Morgan fingerprint density at radius 3 is 2.35 bits per heavy atom. The van der Waals surface area contributed by atoms with Gasteiger partial charge >= 0.3 is 0 Å². The summed E-state index contributed by atoms with van der Waals surface area (Å²) in [5, 5.41) is 8.44. The summed E-state index contributed by atoms with van der Waals surface area (Å²) in [6.45, 7) is 6.07. The molecule has 5 aromatic rings. The van der Waals surface area contributed by atoms with Crippen LogP contribution < -0.4 is 10.2 Å². The fraction of sp³-hybridized carbons (Fsp3) is 0.121. The quantitative estimate of drug-likeness (QED) is 0.262.